The summed E-state index contributed by atoms with van der Waals surface area (Å²) in [6, 6.07) is 7.92. The van der Waals surface area contributed by atoms with Crippen molar-refractivity contribution in [3.8, 4) is 11.5 Å². The van der Waals surface area contributed by atoms with Crippen molar-refractivity contribution in [1.29, 1.82) is 0 Å². The van der Waals surface area contributed by atoms with Crippen LogP contribution < -0.4 is 4.74 Å². The third kappa shape index (κ3) is 2.92. The van der Waals surface area contributed by atoms with Crippen LogP contribution in [0.15, 0.2) is 36.4 Å². The average Bonchev–Trinajstić information content (AvgIpc) is 2.33. The van der Waals surface area contributed by atoms with E-state index in [-0.39, 0.29) is 11.6 Å². The highest BCUT2D eigenvalue weighted by Crippen LogP contribution is 2.29. The summed E-state index contributed by atoms with van der Waals surface area (Å²) in [7, 11) is 0. The van der Waals surface area contributed by atoms with Gasteiger partial charge in [-0.25, -0.2) is 8.78 Å². The fourth-order valence-corrected chi connectivity index (χ4v) is 1.92. The Hall–Kier alpha value is -1.32. The van der Waals surface area contributed by atoms with Crippen LogP contribution in [0.4, 0.5) is 8.78 Å². The smallest absolute Gasteiger partial charge is 0.168 e. The highest BCUT2D eigenvalue weighted by atomic mass is 35.5. The zero-order valence-electron chi connectivity index (χ0n) is 9.09. The third-order valence-electron chi connectivity index (χ3n) is 2.29. The van der Waals surface area contributed by atoms with Gasteiger partial charge in [-0.15, -0.1) is 11.6 Å². The second kappa shape index (κ2) is 5.55. The molecule has 1 nitrogen and oxygen atoms in total. The van der Waals surface area contributed by atoms with Gasteiger partial charge in [0.25, 0.3) is 0 Å². The molecule has 2 aromatic carbocycles. The number of benzene rings is 2. The van der Waals surface area contributed by atoms with E-state index in [0.29, 0.717) is 10.8 Å². The Bertz CT molecular complexity index is 573. The molecule has 0 aliphatic heterocycles. The van der Waals surface area contributed by atoms with Crippen LogP contribution in [-0.2, 0) is 5.88 Å². The summed E-state index contributed by atoms with van der Waals surface area (Å²) < 4.78 is 31.4. The number of hydrogen-bond acceptors (Lipinski definition) is 1. The van der Waals surface area contributed by atoms with Gasteiger partial charge in [-0.1, -0.05) is 17.7 Å². The first-order valence-corrected chi connectivity index (χ1v) is 5.98. The van der Waals surface area contributed by atoms with Gasteiger partial charge in [0.1, 0.15) is 11.6 Å². The van der Waals surface area contributed by atoms with Gasteiger partial charge in [-0.05, 0) is 29.8 Å². The maximum Gasteiger partial charge on any atom is 0.168 e. The van der Waals surface area contributed by atoms with E-state index >= 15 is 0 Å². The Labute approximate surface area is 113 Å². The first-order chi connectivity index (χ1) is 8.60. The highest BCUT2D eigenvalue weighted by Gasteiger charge is 2.07. The fourth-order valence-electron chi connectivity index (χ4n) is 1.38. The van der Waals surface area contributed by atoms with E-state index in [0.717, 1.165) is 17.7 Å². The monoisotopic (exact) mass is 288 g/mol. The number of ether oxygens (including phenoxy) is 1. The second-order valence-corrected chi connectivity index (χ2v) is 4.24. The molecule has 0 amide bonds. The molecule has 0 saturated carbocycles. The minimum Gasteiger partial charge on any atom is -0.454 e. The molecule has 0 aliphatic rings. The van der Waals surface area contributed by atoms with Gasteiger partial charge < -0.3 is 4.74 Å². The quantitative estimate of drug-likeness (QED) is 0.710. The topological polar surface area (TPSA) is 9.23 Å². The predicted octanol–water partition coefficient (Wildman–Crippen LogP) is 5.15. The van der Waals surface area contributed by atoms with Crippen LogP contribution in [0.5, 0.6) is 11.5 Å². The van der Waals surface area contributed by atoms with Gasteiger partial charge in [-0.3, -0.25) is 0 Å². The van der Waals surface area contributed by atoms with E-state index in [9.17, 15) is 8.78 Å². The second-order valence-electron chi connectivity index (χ2n) is 3.56. The zero-order chi connectivity index (χ0) is 13.1. The van der Waals surface area contributed by atoms with Crippen molar-refractivity contribution < 1.29 is 13.5 Å². The molecule has 0 heterocycles. The number of hydrogen-bond donors (Lipinski definition) is 0. The third-order valence-corrected chi connectivity index (χ3v) is 2.93. The summed E-state index contributed by atoms with van der Waals surface area (Å²) in [6.07, 6.45) is 0. The van der Waals surface area contributed by atoms with Crippen LogP contribution in [0.2, 0.25) is 5.02 Å². The normalized spacial score (nSPS) is 10.4. The van der Waals surface area contributed by atoms with Crippen molar-refractivity contribution in [1.82, 2.24) is 0 Å². The molecule has 5 heteroatoms. The van der Waals surface area contributed by atoms with Crippen LogP contribution in [0.1, 0.15) is 5.56 Å². The predicted molar refractivity (Wildman–Crippen MR) is 67.4 cm³/mol. The maximum absolute atomic E-state index is 13.4. The van der Waals surface area contributed by atoms with E-state index in [1.165, 1.54) is 12.1 Å². The van der Waals surface area contributed by atoms with Gasteiger partial charge in [-0.2, -0.15) is 0 Å². The lowest BCUT2D eigenvalue weighted by atomic mass is 10.2. The van der Waals surface area contributed by atoms with Gasteiger partial charge >= 0.3 is 0 Å². The standard InChI is InChI=1S/C13H8Cl2F2O/c14-7-8-1-3-10(6-11(8)15)18-13-4-2-9(16)5-12(13)17/h1-6H,7H2. The minimum atomic E-state index is -0.771. The lowest BCUT2D eigenvalue weighted by Crippen LogP contribution is -1.90. The van der Waals surface area contributed by atoms with Crippen molar-refractivity contribution >= 4 is 23.2 Å². The number of halogens is 4. The fraction of sp³-hybridized carbons (Fsp3) is 0.0769. The van der Waals surface area contributed by atoms with Gasteiger partial charge in [0.2, 0.25) is 0 Å². The molecule has 0 unspecified atom stereocenters. The molecule has 2 rings (SSSR count). The van der Waals surface area contributed by atoms with Gasteiger partial charge in [0.05, 0.1) is 0 Å². The van der Waals surface area contributed by atoms with Crippen molar-refractivity contribution in [2.45, 2.75) is 5.88 Å². The number of rotatable bonds is 3. The molecule has 0 atom stereocenters. The average molecular weight is 289 g/mol. The Morgan fingerprint density at radius 2 is 1.83 bits per heavy atom. The van der Waals surface area contributed by atoms with E-state index in [4.69, 9.17) is 27.9 Å². The van der Waals surface area contributed by atoms with E-state index < -0.39 is 11.6 Å². The van der Waals surface area contributed by atoms with Crippen LogP contribution >= 0.6 is 23.2 Å². The molecular formula is C13H8Cl2F2O. The van der Waals surface area contributed by atoms with Crippen LogP contribution in [0, 0.1) is 11.6 Å². The van der Waals surface area contributed by atoms with Gasteiger partial charge in [0, 0.05) is 17.0 Å². The largest absolute Gasteiger partial charge is 0.454 e. The van der Waals surface area contributed by atoms with Crippen molar-refractivity contribution in [3.63, 3.8) is 0 Å². The Balaban J connectivity index is 2.26. The maximum atomic E-state index is 13.4. The molecule has 0 saturated heterocycles. The molecule has 0 bridgehead atoms. The molecule has 0 radical (unpaired) electrons. The van der Waals surface area contributed by atoms with Crippen LogP contribution in [0.3, 0.4) is 0 Å². The molecule has 18 heavy (non-hydrogen) atoms. The highest BCUT2D eigenvalue weighted by molar-refractivity contribution is 6.32. The molecule has 0 fully saturated rings. The van der Waals surface area contributed by atoms with E-state index in [1.54, 1.807) is 12.1 Å². The molecule has 94 valence electrons. The molecule has 0 aromatic heterocycles. The molecule has 0 aliphatic carbocycles. The summed E-state index contributed by atoms with van der Waals surface area (Å²) in [5, 5.41) is 0.435. The SMILES string of the molecule is Fc1ccc(Oc2ccc(CCl)c(Cl)c2)c(F)c1. The Morgan fingerprint density at radius 3 is 2.44 bits per heavy atom. The molecule has 0 N–H and O–H groups in total. The van der Waals surface area contributed by atoms with E-state index in [1.807, 2.05) is 0 Å². The molecule has 0 spiro atoms. The summed E-state index contributed by atoms with van der Waals surface area (Å²) >= 11 is 11.6. The Kier molecular flexibility index (Phi) is 4.04. The lowest BCUT2D eigenvalue weighted by Gasteiger charge is -2.08. The summed E-state index contributed by atoms with van der Waals surface area (Å²) in [5.41, 5.74) is 0.755. The first kappa shape index (κ1) is 13.1. The summed E-state index contributed by atoms with van der Waals surface area (Å²) in [5.74, 6) is -0.849. The van der Waals surface area contributed by atoms with Crippen LogP contribution in [0.25, 0.3) is 0 Å². The number of alkyl halides is 1. The lowest BCUT2D eigenvalue weighted by molar-refractivity contribution is 0.437. The van der Waals surface area contributed by atoms with Crippen molar-refractivity contribution in [2.24, 2.45) is 0 Å². The summed E-state index contributed by atoms with van der Waals surface area (Å²) in [4.78, 5) is 0. The van der Waals surface area contributed by atoms with Crippen LogP contribution in [-0.4, -0.2) is 0 Å². The summed E-state index contributed by atoms with van der Waals surface area (Å²) in [6.45, 7) is 0. The molecule has 2 aromatic rings. The van der Waals surface area contributed by atoms with Crippen molar-refractivity contribution in [3.05, 3.63) is 58.6 Å². The zero-order valence-corrected chi connectivity index (χ0v) is 10.6. The van der Waals surface area contributed by atoms with E-state index in [2.05, 4.69) is 0 Å². The minimum absolute atomic E-state index is 0.0638. The first-order valence-electron chi connectivity index (χ1n) is 5.07. The van der Waals surface area contributed by atoms with Gasteiger partial charge in [0.15, 0.2) is 11.6 Å². The Morgan fingerprint density at radius 1 is 1.06 bits per heavy atom. The molecular weight excluding hydrogens is 281 g/mol. The van der Waals surface area contributed by atoms with Crippen molar-refractivity contribution in [2.75, 3.05) is 0 Å².